The van der Waals surface area contributed by atoms with Crippen LogP contribution < -0.4 is 4.72 Å². The fraction of sp³-hybridized carbons (Fsp3) is 0.333. The van der Waals surface area contributed by atoms with Crippen molar-refractivity contribution in [3.05, 3.63) is 70.7 Å². The summed E-state index contributed by atoms with van der Waals surface area (Å²) in [5.41, 5.74) is 0.961. The number of para-hydroxylation sites is 1. The summed E-state index contributed by atoms with van der Waals surface area (Å²) in [4.78, 5) is 17.9. The number of likely N-dealkylation sites (tertiary alicyclic amines) is 1. The van der Waals surface area contributed by atoms with Crippen molar-refractivity contribution in [2.75, 3.05) is 6.54 Å². The highest BCUT2D eigenvalue weighted by atomic mass is 35.5. The number of allylic oxidation sites excluding steroid dienone is 1. The van der Waals surface area contributed by atoms with Crippen molar-refractivity contribution >= 4 is 49.1 Å². The van der Waals surface area contributed by atoms with Gasteiger partial charge in [-0.2, -0.15) is 0 Å². The second-order valence-corrected chi connectivity index (χ2v) is 11.6. The number of thiazole rings is 1. The van der Waals surface area contributed by atoms with Gasteiger partial charge in [-0.25, -0.2) is 18.1 Å². The van der Waals surface area contributed by atoms with E-state index in [0.29, 0.717) is 37.4 Å². The van der Waals surface area contributed by atoms with E-state index in [4.69, 9.17) is 21.7 Å². The molecule has 2 heterocycles. The van der Waals surface area contributed by atoms with Crippen LogP contribution in [0.5, 0.6) is 0 Å². The number of sulfonamides is 1. The number of carbonyl (C=O) groups is 1. The first-order chi connectivity index (χ1) is 16.3. The first-order valence-corrected chi connectivity index (χ1v) is 13.7. The Kier molecular flexibility index (Phi) is 8.00. The highest BCUT2D eigenvalue weighted by Gasteiger charge is 2.33. The smallest absolute Gasteiger partial charge is 0.303 e. The summed E-state index contributed by atoms with van der Waals surface area (Å²) in [5.74, 6) is -0.802. The summed E-state index contributed by atoms with van der Waals surface area (Å²) >= 11 is 7.54. The Morgan fingerprint density at radius 1 is 1.24 bits per heavy atom. The molecule has 1 aliphatic heterocycles. The Balaban J connectivity index is 1.47. The lowest BCUT2D eigenvalue weighted by molar-refractivity contribution is -0.137. The predicted molar refractivity (Wildman–Crippen MR) is 135 cm³/mol. The number of hydrogen-bond donors (Lipinski definition) is 2. The lowest BCUT2D eigenvalue weighted by Gasteiger charge is -2.20. The van der Waals surface area contributed by atoms with Crippen molar-refractivity contribution in [2.45, 2.75) is 49.2 Å². The van der Waals surface area contributed by atoms with Gasteiger partial charge in [0.1, 0.15) is 5.01 Å². The van der Waals surface area contributed by atoms with Crippen molar-refractivity contribution in [3.8, 4) is 0 Å². The van der Waals surface area contributed by atoms with Crippen LogP contribution in [-0.2, 0) is 21.4 Å². The summed E-state index contributed by atoms with van der Waals surface area (Å²) in [6.45, 7) is 1.16. The van der Waals surface area contributed by atoms with Gasteiger partial charge in [0.2, 0.25) is 10.0 Å². The van der Waals surface area contributed by atoms with Crippen molar-refractivity contribution in [1.82, 2.24) is 14.6 Å². The average molecular weight is 520 g/mol. The number of benzene rings is 2. The molecule has 0 saturated carbocycles. The van der Waals surface area contributed by atoms with Crippen LogP contribution in [0, 0.1) is 0 Å². The summed E-state index contributed by atoms with van der Waals surface area (Å²) in [5, 5.41) is 10.3. The molecule has 1 fully saturated rings. The molecule has 2 atom stereocenters. The molecule has 0 amide bonds. The summed E-state index contributed by atoms with van der Waals surface area (Å²) in [6.07, 6.45) is 6.05. The lowest BCUT2D eigenvalue weighted by atomic mass is 10.1. The first-order valence-electron chi connectivity index (χ1n) is 11.0. The van der Waals surface area contributed by atoms with Crippen LogP contribution >= 0.6 is 22.9 Å². The van der Waals surface area contributed by atoms with E-state index in [0.717, 1.165) is 15.2 Å². The van der Waals surface area contributed by atoms with E-state index >= 15 is 0 Å². The lowest BCUT2D eigenvalue weighted by Crippen LogP contribution is -2.37. The summed E-state index contributed by atoms with van der Waals surface area (Å²) < 4.78 is 29.8. The maximum Gasteiger partial charge on any atom is 0.303 e. The van der Waals surface area contributed by atoms with E-state index in [1.165, 1.54) is 12.1 Å². The third-order valence-corrected chi connectivity index (χ3v) is 8.50. The van der Waals surface area contributed by atoms with Gasteiger partial charge in [0.15, 0.2) is 0 Å². The topological polar surface area (TPSA) is 99.6 Å². The third kappa shape index (κ3) is 6.43. The maximum absolute atomic E-state index is 12.9. The van der Waals surface area contributed by atoms with Crippen molar-refractivity contribution in [2.24, 2.45) is 0 Å². The third-order valence-electron chi connectivity index (χ3n) is 5.69. The highest BCUT2D eigenvalue weighted by molar-refractivity contribution is 7.89. The van der Waals surface area contributed by atoms with Crippen LogP contribution in [0.25, 0.3) is 10.2 Å². The van der Waals surface area contributed by atoms with Crippen LogP contribution in [-0.4, -0.2) is 48.0 Å². The van der Waals surface area contributed by atoms with Gasteiger partial charge in [0, 0.05) is 30.1 Å². The van der Waals surface area contributed by atoms with Gasteiger partial charge in [-0.05, 0) is 55.7 Å². The number of halogens is 1. The SMILES string of the molecule is O=C(O)CCC/C=C\[C@@H]1C[C@@H](NS(=O)(=O)c2ccc(Cl)cc2)CN1Cc1nc2ccccc2s1. The number of carboxylic acids is 1. The molecule has 10 heteroatoms. The summed E-state index contributed by atoms with van der Waals surface area (Å²) in [6, 6.07) is 13.9. The number of unbranched alkanes of at least 4 members (excludes halogenated alkanes) is 1. The van der Waals surface area contributed by atoms with Crippen LogP contribution in [0.2, 0.25) is 5.02 Å². The van der Waals surface area contributed by atoms with E-state index in [1.807, 2.05) is 30.3 Å². The number of rotatable bonds is 10. The Bertz CT molecular complexity index is 1240. The molecule has 0 unspecified atom stereocenters. The minimum atomic E-state index is -3.68. The quantitative estimate of drug-likeness (QED) is 0.298. The van der Waals surface area contributed by atoms with Gasteiger partial charge in [-0.15, -0.1) is 11.3 Å². The molecule has 2 N–H and O–H groups in total. The van der Waals surface area contributed by atoms with Crippen LogP contribution in [0.4, 0.5) is 0 Å². The number of carboxylic acid groups (broad SMARTS) is 1. The minimum absolute atomic E-state index is 0.0229. The molecule has 2 aromatic carbocycles. The van der Waals surface area contributed by atoms with E-state index in [1.54, 1.807) is 23.5 Å². The second-order valence-electron chi connectivity index (χ2n) is 8.29. The first kappa shape index (κ1) is 24.8. The largest absolute Gasteiger partial charge is 0.481 e. The number of aromatic nitrogens is 1. The van der Waals surface area contributed by atoms with E-state index < -0.39 is 16.0 Å². The molecule has 0 aliphatic carbocycles. The highest BCUT2D eigenvalue weighted by Crippen LogP contribution is 2.28. The zero-order valence-electron chi connectivity index (χ0n) is 18.4. The molecule has 0 spiro atoms. The van der Waals surface area contributed by atoms with Crippen LogP contribution in [0.15, 0.2) is 65.6 Å². The van der Waals surface area contributed by atoms with Crippen molar-refractivity contribution < 1.29 is 18.3 Å². The molecule has 3 aromatic rings. The van der Waals surface area contributed by atoms with Crippen molar-refractivity contribution in [1.29, 1.82) is 0 Å². The van der Waals surface area contributed by atoms with Gasteiger partial charge >= 0.3 is 5.97 Å². The molecule has 1 aliphatic rings. The number of nitrogens with one attached hydrogen (secondary N) is 1. The Morgan fingerprint density at radius 3 is 2.74 bits per heavy atom. The predicted octanol–water partition coefficient (Wildman–Crippen LogP) is 4.68. The Labute approximate surface area is 208 Å². The standard InChI is InChI=1S/C24H26ClN3O4S2/c25-17-10-12-20(13-11-17)34(31,32)27-18-14-19(6-2-1-3-9-24(29)30)28(15-18)16-23-26-21-7-4-5-8-22(21)33-23/h2,4-8,10-13,18-19,27H,1,3,9,14-16H2,(H,29,30)/b6-2-/t18-,19-/m1/s1. The van der Waals surface area contributed by atoms with Crippen LogP contribution in [0.1, 0.15) is 30.7 Å². The summed E-state index contributed by atoms with van der Waals surface area (Å²) in [7, 11) is -3.68. The molecule has 1 saturated heterocycles. The molecular formula is C24H26ClN3O4S2. The van der Waals surface area contributed by atoms with Gasteiger partial charge in [-0.1, -0.05) is 35.9 Å². The average Bonchev–Trinajstić information content (AvgIpc) is 3.36. The zero-order chi connectivity index (χ0) is 24.1. The monoisotopic (exact) mass is 519 g/mol. The normalized spacial score (nSPS) is 19.3. The van der Waals surface area contributed by atoms with E-state index in [2.05, 4.69) is 15.7 Å². The fourth-order valence-electron chi connectivity index (χ4n) is 4.09. The van der Waals surface area contributed by atoms with E-state index in [9.17, 15) is 13.2 Å². The Hall–Kier alpha value is -2.30. The van der Waals surface area contributed by atoms with Gasteiger partial charge in [0.05, 0.1) is 21.7 Å². The van der Waals surface area contributed by atoms with E-state index in [-0.39, 0.29) is 23.4 Å². The number of nitrogens with zero attached hydrogens (tertiary/aromatic N) is 2. The number of hydrogen-bond acceptors (Lipinski definition) is 6. The molecule has 34 heavy (non-hydrogen) atoms. The molecule has 4 rings (SSSR count). The van der Waals surface area contributed by atoms with Crippen molar-refractivity contribution in [3.63, 3.8) is 0 Å². The molecule has 0 bridgehead atoms. The van der Waals surface area contributed by atoms with Gasteiger partial charge in [0.25, 0.3) is 0 Å². The maximum atomic E-state index is 12.9. The minimum Gasteiger partial charge on any atom is -0.481 e. The Morgan fingerprint density at radius 2 is 2.00 bits per heavy atom. The zero-order valence-corrected chi connectivity index (χ0v) is 20.8. The molecular weight excluding hydrogens is 494 g/mol. The van der Waals surface area contributed by atoms with Gasteiger partial charge in [-0.3, -0.25) is 9.69 Å². The fourth-order valence-corrected chi connectivity index (χ4v) is 6.45. The molecule has 0 radical (unpaired) electrons. The molecule has 7 nitrogen and oxygen atoms in total. The molecule has 180 valence electrons. The van der Waals surface area contributed by atoms with Crippen LogP contribution in [0.3, 0.4) is 0 Å². The molecule has 1 aromatic heterocycles. The second kappa shape index (κ2) is 11.0. The van der Waals surface area contributed by atoms with Gasteiger partial charge < -0.3 is 5.11 Å². The number of fused-ring (bicyclic) bond motifs is 1. The number of aliphatic carboxylic acids is 1.